The summed E-state index contributed by atoms with van der Waals surface area (Å²) in [6, 6.07) is 13.7. The average molecular weight is 358 g/mol. The molecule has 138 valence electrons. The first-order valence-electron chi connectivity index (χ1n) is 9.11. The number of piperidine rings is 1. The summed E-state index contributed by atoms with van der Waals surface area (Å²) >= 11 is 0. The Labute approximate surface area is 153 Å². The number of likely N-dealkylation sites (tertiary alicyclic amines) is 1. The van der Waals surface area contributed by atoms with Crippen molar-refractivity contribution < 1.29 is 13.6 Å². The first kappa shape index (κ1) is 18.5. The highest BCUT2D eigenvalue weighted by Gasteiger charge is 2.20. The van der Waals surface area contributed by atoms with Crippen LogP contribution in [-0.4, -0.2) is 37.0 Å². The maximum absolute atomic E-state index is 13.2. The van der Waals surface area contributed by atoms with E-state index in [1.165, 1.54) is 11.6 Å². The van der Waals surface area contributed by atoms with E-state index in [1.807, 2.05) is 6.07 Å². The Morgan fingerprint density at radius 3 is 2.46 bits per heavy atom. The Hall–Kier alpha value is -2.27. The van der Waals surface area contributed by atoms with Crippen LogP contribution in [0.4, 0.5) is 8.78 Å². The number of nitrogens with one attached hydrogen (secondary N) is 1. The Kier molecular flexibility index (Phi) is 6.34. The fourth-order valence-corrected chi connectivity index (χ4v) is 3.32. The van der Waals surface area contributed by atoms with Gasteiger partial charge in [0.1, 0.15) is 0 Å². The molecule has 0 aliphatic carbocycles. The fourth-order valence-electron chi connectivity index (χ4n) is 3.32. The summed E-state index contributed by atoms with van der Waals surface area (Å²) < 4.78 is 26.1. The van der Waals surface area contributed by atoms with E-state index in [2.05, 4.69) is 34.5 Å². The van der Waals surface area contributed by atoms with Crippen LogP contribution in [0, 0.1) is 17.6 Å². The lowest BCUT2D eigenvalue weighted by Gasteiger charge is -2.32. The second-order valence-electron chi connectivity index (χ2n) is 6.86. The topological polar surface area (TPSA) is 32.3 Å². The third-order valence-electron chi connectivity index (χ3n) is 5.00. The molecule has 2 aromatic rings. The molecule has 0 bridgehead atoms. The molecule has 0 aromatic heterocycles. The molecule has 3 nitrogen and oxygen atoms in total. The Balaban J connectivity index is 1.38. The number of hydrogen-bond donors (Lipinski definition) is 1. The zero-order chi connectivity index (χ0) is 18.4. The SMILES string of the molecule is O=C(NCC1CCN(CCc2ccccc2)CC1)c1ccc(F)c(F)c1. The molecular formula is C21H24F2N2O. The molecule has 0 unspecified atom stereocenters. The predicted octanol–water partition coefficient (Wildman–Crippen LogP) is 3.65. The number of hydrogen-bond acceptors (Lipinski definition) is 2. The van der Waals surface area contributed by atoms with Gasteiger partial charge in [-0.3, -0.25) is 4.79 Å². The van der Waals surface area contributed by atoms with E-state index in [0.29, 0.717) is 12.5 Å². The van der Waals surface area contributed by atoms with Gasteiger partial charge in [-0.2, -0.15) is 0 Å². The summed E-state index contributed by atoms with van der Waals surface area (Å²) in [6.45, 7) is 3.68. The van der Waals surface area contributed by atoms with Crippen molar-refractivity contribution in [2.24, 2.45) is 5.92 Å². The van der Waals surface area contributed by atoms with Crippen molar-refractivity contribution in [3.8, 4) is 0 Å². The maximum Gasteiger partial charge on any atom is 0.251 e. The first-order valence-corrected chi connectivity index (χ1v) is 9.11. The van der Waals surface area contributed by atoms with E-state index in [0.717, 1.165) is 51.0 Å². The molecule has 0 radical (unpaired) electrons. The highest BCUT2D eigenvalue weighted by molar-refractivity contribution is 5.94. The first-order chi connectivity index (χ1) is 12.6. The molecule has 1 aliphatic rings. The lowest BCUT2D eigenvalue weighted by Crippen LogP contribution is -2.39. The summed E-state index contributed by atoms with van der Waals surface area (Å²) in [7, 11) is 0. The zero-order valence-corrected chi connectivity index (χ0v) is 14.8. The predicted molar refractivity (Wildman–Crippen MR) is 98.0 cm³/mol. The smallest absolute Gasteiger partial charge is 0.251 e. The zero-order valence-electron chi connectivity index (χ0n) is 14.8. The average Bonchev–Trinajstić information content (AvgIpc) is 2.68. The quantitative estimate of drug-likeness (QED) is 0.855. The normalized spacial score (nSPS) is 15.8. The standard InChI is InChI=1S/C21H24F2N2O/c22-19-7-6-18(14-20(19)23)21(26)24-15-17-9-12-25(13-10-17)11-8-16-4-2-1-3-5-16/h1-7,14,17H,8-13,15H2,(H,24,26). The van der Waals surface area contributed by atoms with Gasteiger partial charge in [-0.05, 0) is 62.0 Å². The van der Waals surface area contributed by atoms with Gasteiger partial charge in [-0.25, -0.2) is 8.78 Å². The van der Waals surface area contributed by atoms with E-state index >= 15 is 0 Å². The van der Waals surface area contributed by atoms with Crippen LogP contribution in [0.3, 0.4) is 0 Å². The molecule has 1 amide bonds. The minimum absolute atomic E-state index is 0.157. The van der Waals surface area contributed by atoms with Crippen molar-refractivity contribution in [1.82, 2.24) is 10.2 Å². The van der Waals surface area contributed by atoms with E-state index in [9.17, 15) is 13.6 Å². The van der Waals surface area contributed by atoms with E-state index < -0.39 is 11.6 Å². The Morgan fingerprint density at radius 2 is 1.77 bits per heavy atom. The molecule has 0 saturated carbocycles. The van der Waals surface area contributed by atoms with Gasteiger partial charge in [0, 0.05) is 18.7 Å². The van der Waals surface area contributed by atoms with Gasteiger partial charge in [-0.15, -0.1) is 0 Å². The molecule has 5 heteroatoms. The summed E-state index contributed by atoms with van der Waals surface area (Å²) in [5, 5.41) is 2.84. The minimum atomic E-state index is -0.996. The van der Waals surface area contributed by atoms with Crippen LogP contribution >= 0.6 is 0 Å². The van der Waals surface area contributed by atoms with Crippen molar-refractivity contribution in [3.05, 3.63) is 71.3 Å². The van der Waals surface area contributed by atoms with E-state index in [1.54, 1.807) is 0 Å². The van der Waals surface area contributed by atoms with Crippen LogP contribution in [0.15, 0.2) is 48.5 Å². The molecule has 1 heterocycles. The summed E-state index contributed by atoms with van der Waals surface area (Å²) in [4.78, 5) is 14.5. The molecule has 1 N–H and O–H groups in total. The van der Waals surface area contributed by atoms with Crippen LogP contribution < -0.4 is 5.32 Å². The van der Waals surface area contributed by atoms with Crippen molar-refractivity contribution in [2.75, 3.05) is 26.2 Å². The third-order valence-corrected chi connectivity index (χ3v) is 5.00. The molecule has 1 saturated heterocycles. The molecule has 0 spiro atoms. The largest absolute Gasteiger partial charge is 0.352 e. The molecule has 26 heavy (non-hydrogen) atoms. The van der Waals surface area contributed by atoms with Gasteiger partial charge in [-0.1, -0.05) is 30.3 Å². The van der Waals surface area contributed by atoms with Gasteiger partial charge >= 0.3 is 0 Å². The Morgan fingerprint density at radius 1 is 1.04 bits per heavy atom. The van der Waals surface area contributed by atoms with E-state index in [-0.39, 0.29) is 11.5 Å². The summed E-state index contributed by atoms with van der Waals surface area (Å²) in [5.74, 6) is -1.86. The Bertz CT molecular complexity index is 728. The molecule has 0 atom stereocenters. The van der Waals surface area contributed by atoms with Crippen molar-refractivity contribution in [3.63, 3.8) is 0 Å². The van der Waals surface area contributed by atoms with Gasteiger partial charge in [0.15, 0.2) is 11.6 Å². The summed E-state index contributed by atoms with van der Waals surface area (Å²) in [6.07, 6.45) is 3.12. The highest BCUT2D eigenvalue weighted by Crippen LogP contribution is 2.17. The lowest BCUT2D eigenvalue weighted by atomic mass is 9.96. The highest BCUT2D eigenvalue weighted by atomic mass is 19.2. The van der Waals surface area contributed by atoms with Crippen LogP contribution in [0.1, 0.15) is 28.8 Å². The number of carbonyl (C=O) groups is 1. The van der Waals surface area contributed by atoms with Crippen LogP contribution in [-0.2, 0) is 6.42 Å². The fraction of sp³-hybridized carbons (Fsp3) is 0.381. The maximum atomic E-state index is 13.2. The number of nitrogens with zero attached hydrogens (tertiary/aromatic N) is 1. The second-order valence-corrected chi connectivity index (χ2v) is 6.86. The number of halogens is 2. The number of amides is 1. The number of carbonyl (C=O) groups excluding carboxylic acids is 1. The number of benzene rings is 2. The lowest BCUT2D eigenvalue weighted by molar-refractivity contribution is 0.0935. The number of rotatable bonds is 6. The van der Waals surface area contributed by atoms with Gasteiger partial charge < -0.3 is 10.2 Å². The molecule has 1 aliphatic heterocycles. The van der Waals surface area contributed by atoms with Crippen molar-refractivity contribution >= 4 is 5.91 Å². The molecule has 3 rings (SSSR count). The van der Waals surface area contributed by atoms with Crippen molar-refractivity contribution in [2.45, 2.75) is 19.3 Å². The van der Waals surface area contributed by atoms with Gasteiger partial charge in [0.05, 0.1) is 0 Å². The van der Waals surface area contributed by atoms with Crippen LogP contribution in [0.25, 0.3) is 0 Å². The summed E-state index contributed by atoms with van der Waals surface area (Å²) in [5.41, 5.74) is 1.51. The molecule has 2 aromatic carbocycles. The third kappa shape index (κ3) is 5.11. The van der Waals surface area contributed by atoms with E-state index in [4.69, 9.17) is 0 Å². The van der Waals surface area contributed by atoms with Gasteiger partial charge in [0.25, 0.3) is 5.91 Å². The van der Waals surface area contributed by atoms with Gasteiger partial charge in [0.2, 0.25) is 0 Å². The molecule has 1 fully saturated rings. The van der Waals surface area contributed by atoms with Crippen LogP contribution in [0.2, 0.25) is 0 Å². The van der Waals surface area contributed by atoms with Crippen molar-refractivity contribution in [1.29, 1.82) is 0 Å². The second kappa shape index (κ2) is 8.90. The van der Waals surface area contributed by atoms with Crippen LogP contribution in [0.5, 0.6) is 0 Å². The monoisotopic (exact) mass is 358 g/mol. The molecular weight excluding hydrogens is 334 g/mol. The minimum Gasteiger partial charge on any atom is -0.352 e.